The fourth-order valence-electron chi connectivity index (χ4n) is 1.48. The Kier molecular flexibility index (Phi) is 10.1. The Morgan fingerprint density at radius 1 is 1.00 bits per heavy atom. The third-order valence-electron chi connectivity index (χ3n) is 2.87. The molecule has 0 aliphatic heterocycles. The van der Waals surface area contributed by atoms with Crippen molar-refractivity contribution in [1.29, 1.82) is 0 Å². The summed E-state index contributed by atoms with van der Waals surface area (Å²) in [6, 6.07) is 0. The van der Waals surface area contributed by atoms with Gasteiger partial charge in [-0.25, -0.2) is 0 Å². The first-order chi connectivity index (χ1) is 4.74. The largest absolute Gasteiger partial charge is 0.147 e. The van der Waals surface area contributed by atoms with Crippen LogP contribution in [-0.2, 0) is 0 Å². The Bertz CT molecular complexity index is 73.9. The van der Waals surface area contributed by atoms with E-state index >= 15 is 0 Å². The van der Waals surface area contributed by atoms with Crippen LogP contribution >= 0.6 is 31.3 Å². The Balaban J connectivity index is 0. The molecule has 0 aliphatic carbocycles. The zero-order chi connectivity index (χ0) is 8.04. The molecular weight excluding hydrogens is 198 g/mol. The molecule has 0 aromatic carbocycles. The SMILES string of the molecule is CC[PH](CC)(CC)CCCl.Cl. The van der Waals surface area contributed by atoms with Gasteiger partial charge < -0.3 is 0 Å². The summed E-state index contributed by atoms with van der Waals surface area (Å²) in [5.41, 5.74) is 0. The molecule has 72 valence electrons. The van der Waals surface area contributed by atoms with E-state index in [1.165, 1.54) is 24.6 Å². The average Bonchev–Trinajstić information content (AvgIpc) is 2.01. The van der Waals surface area contributed by atoms with E-state index < -0.39 is 7.26 Å². The van der Waals surface area contributed by atoms with Crippen molar-refractivity contribution in [2.75, 3.05) is 30.5 Å². The number of hydrogen-bond donors (Lipinski definition) is 0. The van der Waals surface area contributed by atoms with Crippen LogP contribution in [0.5, 0.6) is 0 Å². The van der Waals surface area contributed by atoms with Crippen LogP contribution < -0.4 is 0 Å². The maximum atomic E-state index is 5.76. The summed E-state index contributed by atoms with van der Waals surface area (Å²) in [7, 11) is -0.849. The van der Waals surface area contributed by atoms with E-state index in [1.54, 1.807) is 0 Å². The average molecular weight is 219 g/mol. The molecule has 0 saturated carbocycles. The fourth-order valence-corrected chi connectivity index (χ4v) is 5.65. The predicted octanol–water partition coefficient (Wildman–Crippen LogP) is 3.46. The summed E-state index contributed by atoms with van der Waals surface area (Å²) in [6.45, 7) is 6.98. The van der Waals surface area contributed by atoms with E-state index in [1.807, 2.05) is 0 Å². The van der Waals surface area contributed by atoms with Crippen molar-refractivity contribution in [1.82, 2.24) is 0 Å². The van der Waals surface area contributed by atoms with Crippen LogP contribution in [0.25, 0.3) is 0 Å². The Labute approximate surface area is 82.8 Å². The number of rotatable bonds is 5. The van der Waals surface area contributed by atoms with E-state index in [2.05, 4.69) is 20.8 Å². The second-order valence-electron chi connectivity index (χ2n) is 3.00. The zero-order valence-electron chi connectivity index (χ0n) is 7.82. The van der Waals surface area contributed by atoms with Crippen LogP contribution in [0, 0.1) is 0 Å². The molecule has 0 rings (SSSR count). The van der Waals surface area contributed by atoms with Crippen molar-refractivity contribution in [3.05, 3.63) is 0 Å². The molecule has 3 heteroatoms. The summed E-state index contributed by atoms with van der Waals surface area (Å²) < 4.78 is 0. The molecule has 0 unspecified atom stereocenters. The minimum atomic E-state index is -0.849. The van der Waals surface area contributed by atoms with Crippen molar-refractivity contribution < 1.29 is 0 Å². The van der Waals surface area contributed by atoms with E-state index in [0.29, 0.717) is 0 Å². The van der Waals surface area contributed by atoms with Gasteiger partial charge in [-0.1, -0.05) is 0 Å². The van der Waals surface area contributed by atoms with E-state index in [9.17, 15) is 0 Å². The van der Waals surface area contributed by atoms with Gasteiger partial charge >= 0.3 is 70.2 Å². The first kappa shape index (κ1) is 14.5. The normalized spacial score (nSPS) is 12.4. The molecule has 0 nitrogen and oxygen atoms in total. The van der Waals surface area contributed by atoms with Crippen molar-refractivity contribution in [2.45, 2.75) is 20.8 Å². The number of hydrogen-bond acceptors (Lipinski definition) is 0. The molecule has 0 amide bonds. The van der Waals surface area contributed by atoms with Crippen LogP contribution in [0.2, 0.25) is 0 Å². The molecule has 0 bridgehead atoms. The van der Waals surface area contributed by atoms with Gasteiger partial charge in [-0.15, -0.1) is 12.4 Å². The first-order valence-electron chi connectivity index (χ1n) is 4.30. The molecule has 0 heterocycles. The van der Waals surface area contributed by atoms with Gasteiger partial charge in [0.25, 0.3) is 0 Å². The molecule has 0 saturated heterocycles. The van der Waals surface area contributed by atoms with Gasteiger partial charge in [-0.3, -0.25) is 0 Å². The van der Waals surface area contributed by atoms with Gasteiger partial charge in [0.05, 0.1) is 0 Å². The molecule has 0 N–H and O–H groups in total. The van der Waals surface area contributed by atoms with E-state index in [0.717, 1.165) is 5.88 Å². The van der Waals surface area contributed by atoms with Gasteiger partial charge in [0.1, 0.15) is 0 Å². The third kappa shape index (κ3) is 4.55. The van der Waals surface area contributed by atoms with Crippen LogP contribution in [0.1, 0.15) is 20.8 Å². The number of alkyl halides is 1. The molecule has 0 radical (unpaired) electrons. The van der Waals surface area contributed by atoms with Crippen molar-refractivity contribution >= 4 is 31.3 Å². The van der Waals surface area contributed by atoms with Gasteiger partial charge in [0, 0.05) is 0 Å². The first-order valence-corrected chi connectivity index (χ1v) is 7.67. The summed E-state index contributed by atoms with van der Waals surface area (Å²) in [5, 5.41) is 0. The topological polar surface area (TPSA) is 0 Å². The van der Waals surface area contributed by atoms with Crippen molar-refractivity contribution in [3.8, 4) is 0 Å². The second kappa shape index (κ2) is 7.65. The van der Waals surface area contributed by atoms with E-state index in [-0.39, 0.29) is 12.4 Å². The monoisotopic (exact) mass is 218 g/mol. The summed E-state index contributed by atoms with van der Waals surface area (Å²) in [4.78, 5) is 0. The van der Waals surface area contributed by atoms with Crippen LogP contribution in [-0.4, -0.2) is 30.5 Å². The summed E-state index contributed by atoms with van der Waals surface area (Å²) >= 11 is 5.76. The second-order valence-corrected chi connectivity index (χ2v) is 9.00. The Morgan fingerprint density at radius 2 is 1.36 bits per heavy atom. The predicted molar refractivity (Wildman–Crippen MR) is 62.8 cm³/mol. The Morgan fingerprint density at radius 3 is 1.45 bits per heavy atom. The van der Waals surface area contributed by atoms with Crippen LogP contribution in [0.4, 0.5) is 0 Å². The molecule has 0 aliphatic rings. The van der Waals surface area contributed by atoms with Crippen molar-refractivity contribution in [2.24, 2.45) is 0 Å². The minimum absolute atomic E-state index is 0. The Hall–Kier alpha value is 1.01. The van der Waals surface area contributed by atoms with Gasteiger partial charge in [0.15, 0.2) is 0 Å². The smallest absolute Gasteiger partial charge is 0.147 e. The van der Waals surface area contributed by atoms with Gasteiger partial charge in [0.2, 0.25) is 0 Å². The molecule has 0 fully saturated rings. The zero-order valence-corrected chi connectivity index (χ0v) is 10.4. The molecule has 0 aromatic heterocycles. The van der Waals surface area contributed by atoms with Crippen molar-refractivity contribution in [3.63, 3.8) is 0 Å². The van der Waals surface area contributed by atoms with E-state index in [4.69, 9.17) is 11.6 Å². The molecular formula is C8H21Cl2P. The molecule has 11 heavy (non-hydrogen) atoms. The van der Waals surface area contributed by atoms with Gasteiger partial charge in [-0.05, 0) is 0 Å². The molecule has 0 atom stereocenters. The minimum Gasteiger partial charge on any atom is -0.147 e. The quantitative estimate of drug-likeness (QED) is 0.490. The maximum Gasteiger partial charge on any atom is -0.147 e. The molecule has 0 spiro atoms. The van der Waals surface area contributed by atoms with Crippen LogP contribution in [0.3, 0.4) is 0 Å². The van der Waals surface area contributed by atoms with Gasteiger partial charge in [-0.2, -0.15) is 0 Å². The fraction of sp³-hybridized carbons (Fsp3) is 1.00. The molecule has 0 aromatic rings. The standard InChI is InChI=1S/C8H20ClP.ClH/c1-4-10(5-2,6-3)8-7-9;/h10H,4-8H2,1-3H3;1H. The van der Waals surface area contributed by atoms with Crippen LogP contribution in [0.15, 0.2) is 0 Å². The summed E-state index contributed by atoms with van der Waals surface area (Å²) in [5.74, 6) is 0.877. The maximum absolute atomic E-state index is 5.76. The summed E-state index contributed by atoms with van der Waals surface area (Å²) in [6.07, 6.45) is 5.55. The number of halogens is 2. The third-order valence-corrected chi connectivity index (χ3v) is 9.19.